The van der Waals surface area contributed by atoms with E-state index in [1.54, 1.807) is 0 Å². The van der Waals surface area contributed by atoms with Gasteiger partial charge in [-0.05, 0) is 42.8 Å². The predicted octanol–water partition coefficient (Wildman–Crippen LogP) is 4.85. The normalized spacial score (nSPS) is 11.0. The van der Waals surface area contributed by atoms with Crippen LogP contribution in [0.25, 0.3) is 16.9 Å². The number of carbonyl (C=O) groups excluding carboxylic acids is 1. The smallest absolute Gasteiger partial charge is 0.287 e. The van der Waals surface area contributed by atoms with Crippen LogP contribution < -0.4 is 4.40 Å². The average molecular weight is 406 g/mol. The first-order valence-electron chi connectivity index (χ1n) is 8.47. The summed E-state index contributed by atoms with van der Waals surface area (Å²) < 4.78 is 5.20. The number of aryl methyl sites for hydroxylation is 1. The summed E-state index contributed by atoms with van der Waals surface area (Å²) in [6.45, 7) is 2.37. The Labute approximate surface area is 160 Å². The van der Waals surface area contributed by atoms with E-state index in [-0.39, 0.29) is 5.78 Å². The van der Waals surface area contributed by atoms with Crippen LogP contribution in [0.1, 0.15) is 15.9 Å². The van der Waals surface area contributed by atoms with Gasteiger partial charge in [-0.2, -0.15) is 0 Å². The number of Topliss-reactive ketones (excluding diaryl/α,β-unsaturated/α-hetero) is 1. The van der Waals surface area contributed by atoms with Crippen molar-refractivity contribution >= 4 is 27.4 Å². The molecule has 0 fully saturated rings. The fourth-order valence-electron chi connectivity index (χ4n) is 3.15. The fourth-order valence-corrected chi connectivity index (χ4v) is 3.42. The number of hydrogen-bond acceptors (Lipinski definition) is 1. The molecule has 0 saturated heterocycles. The van der Waals surface area contributed by atoms with E-state index in [1.807, 2.05) is 42.5 Å². The summed E-state index contributed by atoms with van der Waals surface area (Å²) in [7, 11) is 0. The third-order valence-corrected chi connectivity index (χ3v) is 5.00. The number of fused-ring (bicyclic) bond motifs is 1. The highest BCUT2D eigenvalue weighted by Gasteiger charge is 2.22. The number of nitrogens with zero attached hydrogens (tertiary/aromatic N) is 2. The molecule has 0 amide bonds. The first-order valence-corrected chi connectivity index (χ1v) is 9.26. The van der Waals surface area contributed by atoms with Crippen LogP contribution in [0, 0.1) is 6.92 Å². The van der Waals surface area contributed by atoms with Gasteiger partial charge in [0, 0.05) is 21.7 Å². The molecule has 2 heterocycles. The lowest BCUT2D eigenvalue weighted by Crippen LogP contribution is -2.20. The van der Waals surface area contributed by atoms with Gasteiger partial charge >= 0.3 is 0 Å². The number of hydrogen-bond donors (Lipinski definition) is 0. The molecular weight excluding hydrogens is 388 g/mol. The lowest BCUT2D eigenvalue weighted by Gasteiger charge is -2.04. The summed E-state index contributed by atoms with van der Waals surface area (Å²) in [5, 5.41) is 0. The van der Waals surface area contributed by atoms with Gasteiger partial charge in [0.15, 0.2) is 12.2 Å². The topological polar surface area (TPSA) is 26.1 Å². The zero-order chi connectivity index (χ0) is 18.1. The van der Waals surface area contributed by atoms with Crippen LogP contribution in [0.3, 0.4) is 0 Å². The molecule has 4 rings (SSSR count). The second kappa shape index (κ2) is 6.89. The van der Waals surface area contributed by atoms with Gasteiger partial charge in [-0.25, -0.2) is 8.97 Å². The number of ketones is 1. The van der Waals surface area contributed by atoms with Crippen LogP contribution in [0.15, 0.2) is 83.6 Å². The van der Waals surface area contributed by atoms with Crippen molar-refractivity contribution in [3.05, 3.63) is 94.7 Å². The second-order valence-corrected chi connectivity index (χ2v) is 7.28. The highest BCUT2D eigenvalue weighted by Crippen LogP contribution is 2.23. The number of aromatic nitrogens is 2. The molecule has 26 heavy (non-hydrogen) atoms. The van der Waals surface area contributed by atoms with Crippen molar-refractivity contribution < 1.29 is 9.20 Å². The Morgan fingerprint density at radius 2 is 1.69 bits per heavy atom. The van der Waals surface area contributed by atoms with E-state index in [4.69, 9.17) is 0 Å². The third-order valence-electron chi connectivity index (χ3n) is 4.47. The van der Waals surface area contributed by atoms with E-state index in [0.29, 0.717) is 6.54 Å². The Morgan fingerprint density at radius 3 is 2.42 bits per heavy atom. The quantitative estimate of drug-likeness (QED) is 0.352. The monoisotopic (exact) mass is 405 g/mol. The van der Waals surface area contributed by atoms with Gasteiger partial charge in [-0.3, -0.25) is 4.79 Å². The SMILES string of the molecule is Cc1ccc2n(CC(=O)c3ccccc3)c(-c3ccc(Br)cc3)c[n+]2c1. The van der Waals surface area contributed by atoms with Crippen LogP contribution in [0.4, 0.5) is 0 Å². The minimum atomic E-state index is 0.0997. The second-order valence-electron chi connectivity index (χ2n) is 6.37. The largest absolute Gasteiger partial charge is 0.290 e. The van der Waals surface area contributed by atoms with E-state index < -0.39 is 0 Å². The molecule has 128 valence electrons. The third kappa shape index (κ3) is 3.20. The summed E-state index contributed by atoms with van der Waals surface area (Å²) in [6, 6.07) is 21.8. The van der Waals surface area contributed by atoms with Crippen LogP contribution in [-0.2, 0) is 6.54 Å². The highest BCUT2D eigenvalue weighted by atomic mass is 79.9. The molecule has 2 aromatic heterocycles. The Morgan fingerprint density at radius 1 is 0.962 bits per heavy atom. The molecule has 0 atom stereocenters. The summed E-state index contributed by atoms with van der Waals surface area (Å²) in [5.41, 5.74) is 5.00. The Hall–Kier alpha value is -2.72. The lowest BCUT2D eigenvalue weighted by atomic mass is 10.1. The van der Waals surface area contributed by atoms with E-state index in [9.17, 15) is 4.79 Å². The highest BCUT2D eigenvalue weighted by molar-refractivity contribution is 9.10. The van der Waals surface area contributed by atoms with Crippen LogP contribution in [0.5, 0.6) is 0 Å². The van der Waals surface area contributed by atoms with Crippen molar-refractivity contribution in [1.29, 1.82) is 0 Å². The van der Waals surface area contributed by atoms with E-state index >= 15 is 0 Å². The number of benzene rings is 2. The molecule has 0 aliphatic rings. The van der Waals surface area contributed by atoms with Crippen molar-refractivity contribution in [3.8, 4) is 11.3 Å². The summed E-state index contributed by atoms with van der Waals surface area (Å²) in [4.78, 5) is 12.8. The minimum absolute atomic E-state index is 0.0997. The molecule has 0 aliphatic carbocycles. The van der Waals surface area contributed by atoms with Crippen molar-refractivity contribution in [2.45, 2.75) is 13.5 Å². The maximum absolute atomic E-state index is 12.8. The van der Waals surface area contributed by atoms with Crippen molar-refractivity contribution in [3.63, 3.8) is 0 Å². The molecule has 0 bridgehead atoms. The number of carbonyl (C=O) groups is 1. The Bertz CT molecular complexity index is 1080. The molecule has 4 aromatic rings. The maximum Gasteiger partial charge on any atom is 0.287 e. The minimum Gasteiger partial charge on any atom is -0.290 e. The first-order chi connectivity index (χ1) is 12.6. The summed E-state index contributed by atoms with van der Waals surface area (Å²) in [5.74, 6) is 0.0997. The average Bonchev–Trinajstić information content (AvgIpc) is 3.00. The van der Waals surface area contributed by atoms with Gasteiger partial charge in [0.05, 0.1) is 6.20 Å². The fraction of sp³-hybridized carbons (Fsp3) is 0.0909. The maximum atomic E-state index is 12.8. The molecule has 0 radical (unpaired) electrons. The number of halogens is 1. The van der Waals surface area contributed by atoms with Crippen LogP contribution in [0.2, 0.25) is 0 Å². The van der Waals surface area contributed by atoms with Gasteiger partial charge in [0.1, 0.15) is 6.20 Å². The van der Waals surface area contributed by atoms with E-state index in [1.165, 1.54) is 5.56 Å². The first kappa shape index (κ1) is 16.7. The Kier molecular flexibility index (Phi) is 4.43. The van der Waals surface area contributed by atoms with Crippen molar-refractivity contribution in [2.24, 2.45) is 0 Å². The molecule has 0 N–H and O–H groups in total. The van der Waals surface area contributed by atoms with Crippen LogP contribution >= 0.6 is 15.9 Å². The molecule has 3 nitrogen and oxygen atoms in total. The van der Waals surface area contributed by atoms with Gasteiger partial charge in [0.2, 0.25) is 5.78 Å². The van der Waals surface area contributed by atoms with Crippen LogP contribution in [-0.4, -0.2) is 10.4 Å². The van der Waals surface area contributed by atoms with E-state index in [0.717, 1.165) is 26.9 Å². The van der Waals surface area contributed by atoms with Gasteiger partial charge in [0.25, 0.3) is 5.65 Å². The number of pyridine rings is 1. The molecule has 2 aromatic carbocycles. The number of rotatable bonds is 4. The van der Waals surface area contributed by atoms with Gasteiger partial charge in [-0.15, -0.1) is 0 Å². The predicted molar refractivity (Wildman–Crippen MR) is 106 cm³/mol. The van der Waals surface area contributed by atoms with Gasteiger partial charge < -0.3 is 0 Å². The van der Waals surface area contributed by atoms with Crippen molar-refractivity contribution in [2.75, 3.05) is 0 Å². The summed E-state index contributed by atoms with van der Waals surface area (Å²) in [6.07, 6.45) is 4.17. The number of imidazole rings is 1. The molecule has 0 aliphatic heterocycles. The standard InChI is InChI=1S/C22H18BrN2O/c1-16-7-12-22-24(13-16)14-20(17-8-10-19(23)11-9-17)25(22)15-21(26)18-5-3-2-4-6-18/h2-14H,15H2,1H3/q+1. The molecule has 4 heteroatoms. The zero-order valence-corrected chi connectivity index (χ0v) is 16.0. The molecule has 0 saturated carbocycles. The van der Waals surface area contributed by atoms with Crippen molar-refractivity contribution in [1.82, 2.24) is 4.57 Å². The summed E-state index contributed by atoms with van der Waals surface area (Å²) >= 11 is 3.49. The molecular formula is C22H18BrN2O+. The zero-order valence-electron chi connectivity index (χ0n) is 14.4. The van der Waals surface area contributed by atoms with Gasteiger partial charge in [-0.1, -0.05) is 46.3 Å². The molecule has 0 unspecified atom stereocenters. The molecule has 0 spiro atoms. The Balaban J connectivity index is 1.84. The lowest BCUT2D eigenvalue weighted by molar-refractivity contribution is -0.510. The van der Waals surface area contributed by atoms with E-state index in [2.05, 4.69) is 68.5 Å².